The monoisotopic (exact) mass is 346 g/mol. The van der Waals surface area contributed by atoms with Gasteiger partial charge in [-0.25, -0.2) is 0 Å². The summed E-state index contributed by atoms with van der Waals surface area (Å²) in [4.78, 5) is 11.2. The Morgan fingerprint density at radius 2 is 1.94 bits per heavy atom. The van der Waals surface area contributed by atoms with Crippen molar-refractivity contribution in [2.24, 2.45) is 5.92 Å². The van der Waals surface area contributed by atoms with Gasteiger partial charge in [-0.05, 0) is 53.1 Å². The first-order valence-electron chi connectivity index (χ1n) is 6.10. The molecule has 0 fully saturated rings. The van der Waals surface area contributed by atoms with Crippen molar-refractivity contribution >= 4 is 28.6 Å². The minimum absolute atomic E-state index is 0.235. The molecule has 0 bridgehead atoms. The minimum atomic E-state index is -0.667. The lowest BCUT2D eigenvalue weighted by molar-refractivity contribution is -0.142. The lowest BCUT2D eigenvalue weighted by Crippen LogP contribution is -2.16. The molecule has 0 spiro atoms. The maximum atomic E-state index is 11.2. The summed E-state index contributed by atoms with van der Waals surface area (Å²) in [6, 6.07) is 8.11. The fraction of sp³-hybridized carbons (Fsp3) is 0.500. The van der Waals surface area contributed by atoms with Gasteiger partial charge in [0.15, 0.2) is 0 Å². The Bertz CT molecular complexity index is 346. The third-order valence-corrected chi connectivity index (χ3v) is 3.62. The number of aliphatic carboxylic acids is 1. The second-order valence-electron chi connectivity index (χ2n) is 4.36. The number of carboxylic acids is 1. The zero-order valence-corrected chi connectivity index (χ0v) is 12.3. The van der Waals surface area contributed by atoms with Gasteiger partial charge < -0.3 is 5.11 Å². The van der Waals surface area contributed by atoms with E-state index in [0.29, 0.717) is 6.42 Å². The first-order valence-corrected chi connectivity index (χ1v) is 7.18. The van der Waals surface area contributed by atoms with E-state index in [4.69, 9.17) is 0 Å². The van der Waals surface area contributed by atoms with Gasteiger partial charge in [0.1, 0.15) is 0 Å². The van der Waals surface area contributed by atoms with E-state index in [1.807, 2.05) is 24.3 Å². The second kappa shape index (κ2) is 7.69. The Kier molecular flexibility index (Phi) is 6.55. The third kappa shape index (κ3) is 5.52. The first kappa shape index (κ1) is 14.5. The molecule has 0 aliphatic heterocycles. The van der Waals surface area contributed by atoms with E-state index in [0.717, 1.165) is 31.2 Å². The molecule has 1 aromatic rings. The molecule has 1 aromatic carbocycles. The molecule has 2 nitrogen and oxygen atoms in total. The Morgan fingerprint density at radius 1 is 1.29 bits per heavy atom. The van der Waals surface area contributed by atoms with Crippen LogP contribution < -0.4 is 0 Å². The molecule has 17 heavy (non-hydrogen) atoms. The van der Waals surface area contributed by atoms with Crippen molar-refractivity contribution in [3.05, 3.63) is 33.4 Å². The van der Waals surface area contributed by atoms with Crippen molar-refractivity contribution in [3.63, 3.8) is 0 Å². The Morgan fingerprint density at radius 3 is 2.47 bits per heavy atom. The largest absolute Gasteiger partial charge is 0.481 e. The van der Waals surface area contributed by atoms with Crippen LogP contribution >= 0.6 is 22.6 Å². The molecular formula is C14H19IO2. The van der Waals surface area contributed by atoms with Gasteiger partial charge in [0.05, 0.1) is 5.92 Å². The summed E-state index contributed by atoms with van der Waals surface area (Å²) >= 11 is 2.25. The van der Waals surface area contributed by atoms with Gasteiger partial charge in [-0.1, -0.05) is 38.3 Å². The average Bonchev–Trinajstić information content (AvgIpc) is 2.30. The van der Waals surface area contributed by atoms with Gasteiger partial charge in [0, 0.05) is 3.57 Å². The maximum Gasteiger partial charge on any atom is 0.306 e. The fourth-order valence-corrected chi connectivity index (χ4v) is 2.22. The molecule has 94 valence electrons. The lowest BCUT2D eigenvalue weighted by Gasteiger charge is -2.12. The molecule has 0 aromatic heterocycles. The number of hydrogen-bond donors (Lipinski definition) is 1. The molecule has 1 rings (SSSR count). The summed E-state index contributed by atoms with van der Waals surface area (Å²) in [6.07, 6.45) is 4.70. The van der Waals surface area contributed by atoms with Crippen LogP contribution in [-0.4, -0.2) is 11.1 Å². The predicted octanol–water partition coefficient (Wildman–Crippen LogP) is 4.11. The highest BCUT2D eigenvalue weighted by atomic mass is 127. The summed E-state index contributed by atoms with van der Waals surface area (Å²) in [5.74, 6) is -0.902. The van der Waals surface area contributed by atoms with Crippen LogP contribution in [0.4, 0.5) is 0 Å². The van der Waals surface area contributed by atoms with E-state index >= 15 is 0 Å². The van der Waals surface area contributed by atoms with Crippen molar-refractivity contribution in [3.8, 4) is 0 Å². The van der Waals surface area contributed by atoms with E-state index in [1.54, 1.807) is 0 Å². The van der Waals surface area contributed by atoms with Gasteiger partial charge in [0.2, 0.25) is 0 Å². The highest BCUT2D eigenvalue weighted by Gasteiger charge is 2.17. The summed E-state index contributed by atoms with van der Waals surface area (Å²) < 4.78 is 1.18. The van der Waals surface area contributed by atoms with Crippen LogP contribution in [0.3, 0.4) is 0 Å². The van der Waals surface area contributed by atoms with Crippen LogP contribution in [0.15, 0.2) is 24.3 Å². The van der Waals surface area contributed by atoms with Crippen LogP contribution in [0, 0.1) is 9.49 Å². The molecule has 0 aliphatic carbocycles. The molecule has 0 aliphatic rings. The number of benzene rings is 1. The summed E-state index contributed by atoms with van der Waals surface area (Å²) in [6.45, 7) is 2.13. The predicted molar refractivity (Wildman–Crippen MR) is 78.1 cm³/mol. The van der Waals surface area contributed by atoms with Crippen molar-refractivity contribution < 1.29 is 9.90 Å². The normalized spacial score (nSPS) is 12.4. The molecule has 0 radical (unpaired) electrons. The highest BCUT2D eigenvalue weighted by Crippen LogP contribution is 2.17. The highest BCUT2D eigenvalue weighted by molar-refractivity contribution is 14.1. The molecule has 0 heterocycles. The van der Waals surface area contributed by atoms with E-state index in [9.17, 15) is 9.90 Å². The smallest absolute Gasteiger partial charge is 0.306 e. The quantitative estimate of drug-likeness (QED) is 0.596. The molecule has 0 saturated carbocycles. The van der Waals surface area contributed by atoms with Gasteiger partial charge in [-0.15, -0.1) is 0 Å². The molecule has 0 saturated heterocycles. The molecule has 1 N–H and O–H groups in total. The number of rotatable bonds is 7. The zero-order chi connectivity index (χ0) is 12.7. The van der Waals surface area contributed by atoms with Crippen LogP contribution in [0.2, 0.25) is 0 Å². The Balaban J connectivity index is 2.54. The van der Waals surface area contributed by atoms with Crippen LogP contribution in [-0.2, 0) is 11.2 Å². The molecule has 1 unspecified atom stereocenters. The number of hydrogen-bond acceptors (Lipinski definition) is 1. The minimum Gasteiger partial charge on any atom is -0.481 e. The summed E-state index contributed by atoms with van der Waals surface area (Å²) in [5.41, 5.74) is 1.12. The van der Waals surface area contributed by atoms with E-state index in [-0.39, 0.29) is 5.92 Å². The summed E-state index contributed by atoms with van der Waals surface area (Å²) in [7, 11) is 0. The van der Waals surface area contributed by atoms with Crippen LogP contribution in [0.5, 0.6) is 0 Å². The number of unbranched alkanes of at least 4 members (excludes halogenated alkanes) is 2. The number of carbonyl (C=O) groups is 1. The van der Waals surface area contributed by atoms with E-state index < -0.39 is 5.97 Å². The maximum absolute atomic E-state index is 11.2. The van der Waals surface area contributed by atoms with Crippen molar-refractivity contribution in [2.45, 2.75) is 39.0 Å². The van der Waals surface area contributed by atoms with Gasteiger partial charge in [-0.3, -0.25) is 4.79 Å². The zero-order valence-electron chi connectivity index (χ0n) is 10.2. The third-order valence-electron chi connectivity index (χ3n) is 2.90. The van der Waals surface area contributed by atoms with E-state index in [1.165, 1.54) is 3.57 Å². The van der Waals surface area contributed by atoms with E-state index in [2.05, 4.69) is 29.5 Å². The van der Waals surface area contributed by atoms with Crippen LogP contribution in [0.25, 0.3) is 0 Å². The average molecular weight is 346 g/mol. The van der Waals surface area contributed by atoms with Gasteiger partial charge in [0.25, 0.3) is 0 Å². The molecular weight excluding hydrogens is 327 g/mol. The lowest BCUT2D eigenvalue weighted by atomic mass is 9.94. The second-order valence-corrected chi connectivity index (χ2v) is 5.61. The first-order chi connectivity index (χ1) is 8.13. The molecule has 0 amide bonds. The topological polar surface area (TPSA) is 37.3 Å². The molecule has 1 atom stereocenters. The van der Waals surface area contributed by atoms with Crippen LogP contribution in [0.1, 0.15) is 38.2 Å². The molecule has 3 heteroatoms. The van der Waals surface area contributed by atoms with Gasteiger partial charge in [-0.2, -0.15) is 0 Å². The standard InChI is InChI=1S/C14H19IO2/c1-2-3-4-5-12(14(16)17)10-11-6-8-13(15)9-7-11/h6-9,12H,2-5,10H2,1H3,(H,16,17). The SMILES string of the molecule is CCCCCC(Cc1ccc(I)cc1)C(=O)O. The number of halogens is 1. The van der Waals surface area contributed by atoms with Crippen molar-refractivity contribution in [1.29, 1.82) is 0 Å². The fourth-order valence-electron chi connectivity index (χ4n) is 1.86. The Hall–Kier alpha value is -0.580. The van der Waals surface area contributed by atoms with Crippen molar-refractivity contribution in [2.75, 3.05) is 0 Å². The van der Waals surface area contributed by atoms with Crippen molar-refractivity contribution in [1.82, 2.24) is 0 Å². The number of carboxylic acid groups (broad SMARTS) is 1. The Labute approximate surface area is 117 Å². The summed E-state index contributed by atoms with van der Waals surface area (Å²) in [5, 5.41) is 9.19. The van der Waals surface area contributed by atoms with Gasteiger partial charge >= 0.3 is 5.97 Å².